The lowest BCUT2D eigenvalue weighted by molar-refractivity contribution is 0.233. The van der Waals surface area contributed by atoms with Crippen LogP contribution in [0.5, 0.6) is 0 Å². The van der Waals surface area contributed by atoms with Crippen LogP contribution in [0.25, 0.3) is 11.3 Å². The Morgan fingerprint density at radius 3 is 2.80 bits per heavy atom. The number of nitrogens with one attached hydrogen (secondary N) is 1. The molecule has 0 spiro atoms. The van der Waals surface area contributed by atoms with Crippen molar-refractivity contribution in [3.05, 3.63) is 90.7 Å². The third kappa shape index (κ3) is 3.61. The topological polar surface area (TPSA) is 56.3 Å². The molecule has 1 aromatic heterocycles. The molecule has 2 aliphatic rings. The maximum atomic E-state index is 5.90. The molecule has 0 bridgehead atoms. The average Bonchev–Trinajstić information content (AvgIpc) is 2.70. The number of hydrogen-bond donors (Lipinski definition) is 1. The summed E-state index contributed by atoms with van der Waals surface area (Å²) < 4.78 is 11.3. The van der Waals surface area contributed by atoms with Gasteiger partial charge in [0.1, 0.15) is 18.4 Å². The van der Waals surface area contributed by atoms with E-state index >= 15 is 0 Å². The highest BCUT2D eigenvalue weighted by atomic mass is 16.6. The molecule has 124 valence electrons. The molecule has 0 amide bonds. The fraction of sp³-hybridized carbons (Fsp3) is 0.100. The smallest absolute Gasteiger partial charge is 0.234 e. The number of allylic oxidation sites excluding steroid dienone is 4. The van der Waals surface area contributed by atoms with Gasteiger partial charge < -0.3 is 14.8 Å². The Morgan fingerprint density at radius 2 is 1.96 bits per heavy atom. The molecule has 5 nitrogen and oxygen atoms in total. The molecule has 2 heterocycles. The monoisotopic (exact) mass is 331 g/mol. The minimum absolute atomic E-state index is 0.491. The fourth-order valence-electron chi connectivity index (χ4n) is 2.65. The summed E-state index contributed by atoms with van der Waals surface area (Å²) in [5.74, 6) is 1.85. The number of anilines is 1. The Hall–Kier alpha value is -3.34. The van der Waals surface area contributed by atoms with E-state index in [1.54, 1.807) is 6.26 Å². The number of hydrogen-bond acceptors (Lipinski definition) is 5. The Morgan fingerprint density at radius 1 is 1.04 bits per heavy atom. The van der Waals surface area contributed by atoms with E-state index in [0.29, 0.717) is 17.5 Å². The molecular weight excluding hydrogens is 314 g/mol. The lowest BCUT2D eigenvalue weighted by atomic mass is 10.0. The normalized spacial score (nSPS) is 16.1. The van der Waals surface area contributed by atoms with Crippen LogP contribution in [0.1, 0.15) is 12.8 Å². The second kappa shape index (κ2) is 7.05. The van der Waals surface area contributed by atoms with Crippen LogP contribution in [0.2, 0.25) is 0 Å². The Balaban J connectivity index is 1.48. The second-order valence-electron chi connectivity index (χ2n) is 5.64. The van der Waals surface area contributed by atoms with Crippen molar-refractivity contribution in [1.29, 1.82) is 0 Å². The van der Waals surface area contributed by atoms with Crippen LogP contribution in [0.3, 0.4) is 0 Å². The van der Waals surface area contributed by atoms with Crippen molar-refractivity contribution < 1.29 is 9.47 Å². The Bertz CT molecular complexity index is 883. The Kier molecular flexibility index (Phi) is 4.29. The van der Waals surface area contributed by atoms with Gasteiger partial charge in [-0.05, 0) is 18.4 Å². The van der Waals surface area contributed by atoms with E-state index in [4.69, 9.17) is 9.47 Å². The molecule has 1 aromatic carbocycles. The molecule has 25 heavy (non-hydrogen) atoms. The fourth-order valence-corrected chi connectivity index (χ4v) is 2.65. The molecule has 0 unspecified atom stereocenters. The van der Waals surface area contributed by atoms with Gasteiger partial charge in [-0.25, -0.2) is 9.97 Å². The van der Waals surface area contributed by atoms with Crippen molar-refractivity contribution in [2.24, 2.45) is 0 Å². The van der Waals surface area contributed by atoms with Crippen LogP contribution in [0.15, 0.2) is 90.7 Å². The van der Waals surface area contributed by atoms with Crippen molar-refractivity contribution in [2.75, 3.05) is 5.32 Å². The van der Waals surface area contributed by atoms with Gasteiger partial charge in [-0.15, -0.1) is 0 Å². The molecular formula is C20H17N3O2. The van der Waals surface area contributed by atoms with Gasteiger partial charge in [-0.1, -0.05) is 48.6 Å². The molecule has 0 fully saturated rings. The standard InChI is InChI=1S/C20H17N3O2/c1-3-7-15(8-4-1)17-11-19(22-14-21-17)23-20-13-24-12-18(25-20)16-9-5-2-6-10-16/h1-5,7-9,11-14H,6,10H2,(H,21,22,23). The highest BCUT2D eigenvalue weighted by Crippen LogP contribution is 2.27. The summed E-state index contributed by atoms with van der Waals surface area (Å²) in [6.07, 6.45) is 12.8. The average molecular weight is 331 g/mol. The molecule has 1 aliphatic carbocycles. The van der Waals surface area contributed by atoms with E-state index in [9.17, 15) is 0 Å². The molecule has 1 N–H and O–H groups in total. The van der Waals surface area contributed by atoms with E-state index in [0.717, 1.165) is 29.7 Å². The van der Waals surface area contributed by atoms with Crippen molar-refractivity contribution in [1.82, 2.24) is 9.97 Å². The zero-order valence-electron chi connectivity index (χ0n) is 13.6. The van der Waals surface area contributed by atoms with E-state index < -0.39 is 0 Å². The summed E-state index contributed by atoms with van der Waals surface area (Å²) in [5, 5.41) is 3.14. The molecule has 0 radical (unpaired) electrons. The van der Waals surface area contributed by atoms with Crippen LogP contribution >= 0.6 is 0 Å². The number of nitrogens with zero attached hydrogens (tertiary/aromatic N) is 2. The maximum Gasteiger partial charge on any atom is 0.234 e. The molecule has 1 aliphatic heterocycles. The first kappa shape index (κ1) is 15.2. The molecule has 2 aromatic rings. The zero-order chi connectivity index (χ0) is 16.9. The van der Waals surface area contributed by atoms with Gasteiger partial charge in [0.2, 0.25) is 5.88 Å². The molecule has 5 heteroatoms. The van der Waals surface area contributed by atoms with Gasteiger partial charge in [0.25, 0.3) is 0 Å². The van der Waals surface area contributed by atoms with Gasteiger partial charge in [-0.2, -0.15) is 0 Å². The predicted octanol–water partition coefficient (Wildman–Crippen LogP) is 4.52. The first-order valence-electron chi connectivity index (χ1n) is 8.13. The SMILES string of the molecule is C1=CCCC(C2=COC=C(Nc3cc(-c4ccccc4)ncn3)O2)=C1. The van der Waals surface area contributed by atoms with E-state index in [1.165, 1.54) is 12.6 Å². The lowest BCUT2D eigenvalue weighted by Gasteiger charge is -2.20. The van der Waals surface area contributed by atoms with Gasteiger partial charge in [0.15, 0.2) is 12.0 Å². The lowest BCUT2D eigenvalue weighted by Crippen LogP contribution is -2.11. The van der Waals surface area contributed by atoms with Gasteiger partial charge in [0.05, 0.1) is 5.69 Å². The summed E-state index contributed by atoms with van der Waals surface area (Å²) in [6.45, 7) is 0. The first-order valence-corrected chi connectivity index (χ1v) is 8.13. The predicted molar refractivity (Wildman–Crippen MR) is 95.9 cm³/mol. The Labute approximate surface area is 146 Å². The van der Waals surface area contributed by atoms with Crippen LogP contribution in [0, 0.1) is 0 Å². The van der Waals surface area contributed by atoms with Crippen LogP contribution in [-0.4, -0.2) is 9.97 Å². The summed E-state index contributed by atoms with van der Waals surface area (Å²) in [6, 6.07) is 11.8. The minimum Gasteiger partial charge on any atom is -0.463 e. The summed E-state index contributed by atoms with van der Waals surface area (Å²) in [4.78, 5) is 8.57. The van der Waals surface area contributed by atoms with Gasteiger partial charge in [-0.3, -0.25) is 0 Å². The number of ether oxygens (including phenoxy) is 2. The molecule has 0 saturated heterocycles. The minimum atomic E-state index is 0.491. The third-order valence-corrected chi connectivity index (χ3v) is 3.89. The highest BCUT2D eigenvalue weighted by molar-refractivity contribution is 5.62. The summed E-state index contributed by atoms with van der Waals surface area (Å²) >= 11 is 0. The van der Waals surface area contributed by atoms with Crippen LogP contribution in [-0.2, 0) is 9.47 Å². The summed E-state index contributed by atoms with van der Waals surface area (Å²) in [7, 11) is 0. The number of rotatable bonds is 4. The highest BCUT2D eigenvalue weighted by Gasteiger charge is 2.15. The molecule has 0 atom stereocenters. The molecule has 0 saturated carbocycles. The van der Waals surface area contributed by atoms with Crippen molar-refractivity contribution in [3.8, 4) is 11.3 Å². The first-order chi connectivity index (χ1) is 12.4. The van der Waals surface area contributed by atoms with E-state index in [1.807, 2.05) is 48.6 Å². The zero-order valence-corrected chi connectivity index (χ0v) is 13.6. The summed E-state index contributed by atoms with van der Waals surface area (Å²) in [5.41, 5.74) is 2.98. The maximum absolute atomic E-state index is 5.90. The van der Waals surface area contributed by atoms with Crippen molar-refractivity contribution in [2.45, 2.75) is 12.8 Å². The number of aromatic nitrogens is 2. The second-order valence-corrected chi connectivity index (χ2v) is 5.64. The number of benzene rings is 1. The van der Waals surface area contributed by atoms with Crippen LogP contribution in [0.4, 0.5) is 5.82 Å². The third-order valence-electron chi connectivity index (χ3n) is 3.89. The van der Waals surface area contributed by atoms with E-state index in [-0.39, 0.29) is 0 Å². The van der Waals surface area contributed by atoms with Crippen molar-refractivity contribution >= 4 is 5.82 Å². The largest absolute Gasteiger partial charge is 0.463 e. The quantitative estimate of drug-likeness (QED) is 0.893. The molecule has 4 rings (SSSR count). The van der Waals surface area contributed by atoms with E-state index in [2.05, 4.69) is 21.4 Å². The van der Waals surface area contributed by atoms with Crippen LogP contribution < -0.4 is 5.32 Å². The van der Waals surface area contributed by atoms with Crippen molar-refractivity contribution in [3.63, 3.8) is 0 Å². The van der Waals surface area contributed by atoms with Gasteiger partial charge >= 0.3 is 0 Å². The van der Waals surface area contributed by atoms with Gasteiger partial charge in [0, 0.05) is 11.6 Å².